The van der Waals surface area contributed by atoms with Crippen LogP contribution < -0.4 is 10.1 Å². The summed E-state index contributed by atoms with van der Waals surface area (Å²) in [6, 6.07) is 3.98. The molecule has 1 saturated heterocycles. The Bertz CT molecular complexity index is 321. The van der Waals surface area contributed by atoms with Crippen molar-refractivity contribution in [1.29, 1.82) is 0 Å². The van der Waals surface area contributed by atoms with Gasteiger partial charge in [0.15, 0.2) is 0 Å². The molecule has 2 heterocycles. The molecule has 1 aromatic rings. The van der Waals surface area contributed by atoms with Crippen LogP contribution in [0.4, 0.5) is 0 Å². The summed E-state index contributed by atoms with van der Waals surface area (Å²) in [6.07, 6.45) is 4.05. The second kappa shape index (κ2) is 6.57. The molecular formula is C13H20N2O2. The fourth-order valence-corrected chi connectivity index (χ4v) is 1.92. The first-order chi connectivity index (χ1) is 8.38. The van der Waals surface area contributed by atoms with E-state index in [4.69, 9.17) is 9.47 Å². The molecule has 0 spiro atoms. The van der Waals surface area contributed by atoms with Gasteiger partial charge in [0, 0.05) is 32.0 Å². The molecule has 2 rings (SSSR count). The Hall–Kier alpha value is -1.13. The highest BCUT2D eigenvalue weighted by molar-refractivity contribution is 5.17. The molecule has 0 atom stereocenters. The van der Waals surface area contributed by atoms with Crippen molar-refractivity contribution >= 4 is 0 Å². The predicted octanol–water partition coefficient (Wildman–Crippen LogP) is 1.61. The summed E-state index contributed by atoms with van der Waals surface area (Å²) < 4.78 is 11.0. The number of pyridine rings is 1. The molecule has 94 valence electrons. The summed E-state index contributed by atoms with van der Waals surface area (Å²) in [5.74, 6) is 1.33. The van der Waals surface area contributed by atoms with E-state index in [-0.39, 0.29) is 0 Å². The van der Waals surface area contributed by atoms with Crippen molar-refractivity contribution in [1.82, 2.24) is 10.3 Å². The van der Waals surface area contributed by atoms with Gasteiger partial charge in [0.05, 0.1) is 6.61 Å². The van der Waals surface area contributed by atoms with Crippen molar-refractivity contribution in [3.05, 3.63) is 23.9 Å². The van der Waals surface area contributed by atoms with Crippen LogP contribution in [-0.2, 0) is 11.3 Å². The molecule has 0 aromatic carbocycles. The topological polar surface area (TPSA) is 43.4 Å². The van der Waals surface area contributed by atoms with Gasteiger partial charge in [-0.2, -0.15) is 0 Å². The van der Waals surface area contributed by atoms with Crippen LogP contribution in [0.2, 0.25) is 0 Å². The summed E-state index contributed by atoms with van der Waals surface area (Å²) in [5, 5.41) is 3.09. The first kappa shape index (κ1) is 12.3. The van der Waals surface area contributed by atoms with E-state index in [2.05, 4.69) is 10.3 Å². The molecule has 1 fully saturated rings. The fraction of sp³-hybridized carbons (Fsp3) is 0.615. The Morgan fingerprint density at radius 3 is 2.88 bits per heavy atom. The second-order valence-electron chi connectivity index (χ2n) is 4.40. The van der Waals surface area contributed by atoms with Crippen molar-refractivity contribution in [3.63, 3.8) is 0 Å². The number of rotatable bonds is 5. The maximum absolute atomic E-state index is 5.69. The third-order valence-corrected chi connectivity index (χ3v) is 2.99. The van der Waals surface area contributed by atoms with E-state index in [9.17, 15) is 0 Å². The van der Waals surface area contributed by atoms with Gasteiger partial charge >= 0.3 is 0 Å². The van der Waals surface area contributed by atoms with E-state index in [0.717, 1.165) is 45.1 Å². The Morgan fingerprint density at radius 2 is 2.24 bits per heavy atom. The molecule has 0 saturated carbocycles. The van der Waals surface area contributed by atoms with Gasteiger partial charge in [-0.25, -0.2) is 4.98 Å². The first-order valence-corrected chi connectivity index (χ1v) is 6.18. The maximum atomic E-state index is 5.69. The number of nitrogens with zero attached hydrogens (tertiary/aromatic N) is 1. The molecule has 1 N–H and O–H groups in total. The van der Waals surface area contributed by atoms with E-state index >= 15 is 0 Å². The van der Waals surface area contributed by atoms with Gasteiger partial charge in [-0.3, -0.25) is 0 Å². The lowest BCUT2D eigenvalue weighted by Gasteiger charge is -2.21. The normalized spacial score (nSPS) is 17.0. The number of hydrogen-bond donors (Lipinski definition) is 1. The smallest absolute Gasteiger partial charge is 0.213 e. The largest absolute Gasteiger partial charge is 0.477 e. The van der Waals surface area contributed by atoms with Crippen LogP contribution in [0.25, 0.3) is 0 Å². The number of nitrogens with one attached hydrogen (secondary N) is 1. The lowest BCUT2D eigenvalue weighted by molar-refractivity contribution is 0.0490. The van der Waals surface area contributed by atoms with Gasteiger partial charge in [0.1, 0.15) is 0 Å². The molecule has 0 unspecified atom stereocenters. The van der Waals surface area contributed by atoms with Gasteiger partial charge in [0.25, 0.3) is 0 Å². The summed E-state index contributed by atoms with van der Waals surface area (Å²) in [5.41, 5.74) is 1.17. The molecule has 1 aliphatic heterocycles. The van der Waals surface area contributed by atoms with Gasteiger partial charge < -0.3 is 14.8 Å². The fourth-order valence-electron chi connectivity index (χ4n) is 1.92. The zero-order valence-corrected chi connectivity index (χ0v) is 10.3. The van der Waals surface area contributed by atoms with Crippen molar-refractivity contribution in [2.75, 3.05) is 26.9 Å². The van der Waals surface area contributed by atoms with Gasteiger partial charge in [-0.15, -0.1) is 0 Å². The van der Waals surface area contributed by atoms with E-state index in [1.165, 1.54) is 5.56 Å². The van der Waals surface area contributed by atoms with Gasteiger partial charge in [-0.1, -0.05) is 6.07 Å². The van der Waals surface area contributed by atoms with Crippen LogP contribution in [0, 0.1) is 5.92 Å². The molecule has 1 aromatic heterocycles. The van der Waals surface area contributed by atoms with Crippen molar-refractivity contribution in [2.45, 2.75) is 19.4 Å². The summed E-state index contributed by atoms with van der Waals surface area (Å²) in [6.45, 7) is 3.32. The molecule has 1 aliphatic rings. The highest BCUT2D eigenvalue weighted by Crippen LogP contribution is 2.16. The lowest BCUT2D eigenvalue weighted by Crippen LogP contribution is -2.21. The molecule has 0 amide bonds. The standard InChI is InChI=1S/C13H20N2O2/c1-14-8-12-2-3-13(15-9-12)17-10-11-4-6-16-7-5-11/h2-3,9,11,14H,4-8,10H2,1H3. The summed E-state index contributed by atoms with van der Waals surface area (Å²) >= 11 is 0. The van der Waals surface area contributed by atoms with Crippen LogP contribution in [0.3, 0.4) is 0 Å². The Balaban J connectivity index is 1.77. The third-order valence-electron chi connectivity index (χ3n) is 2.99. The number of hydrogen-bond acceptors (Lipinski definition) is 4. The quantitative estimate of drug-likeness (QED) is 0.843. The highest BCUT2D eigenvalue weighted by Gasteiger charge is 2.14. The molecule has 0 bridgehead atoms. The first-order valence-electron chi connectivity index (χ1n) is 6.18. The zero-order chi connectivity index (χ0) is 11.9. The minimum absolute atomic E-state index is 0.613. The van der Waals surface area contributed by atoms with E-state index < -0.39 is 0 Å². The SMILES string of the molecule is CNCc1ccc(OCC2CCOCC2)nc1. The molecule has 0 aliphatic carbocycles. The highest BCUT2D eigenvalue weighted by atomic mass is 16.5. The van der Waals surface area contributed by atoms with Crippen molar-refractivity contribution in [2.24, 2.45) is 5.92 Å². The Kier molecular flexibility index (Phi) is 4.76. The van der Waals surface area contributed by atoms with E-state index in [1.807, 2.05) is 25.4 Å². The van der Waals surface area contributed by atoms with Gasteiger partial charge in [0.2, 0.25) is 5.88 Å². The molecular weight excluding hydrogens is 216 g/mol. The summed E-state index contributed by atoms with van der Waals surface area (Å²) in [7, 11) is 1.93. The Morgan fingerprint density at radius 1 is 1.41 bits per heavy atom. The van der Waals surface area contributed by atoms with Crippen molar-refractivity contribution < 1.29 is 9.47 Å². The maximum Gasteiger partial charge on any atom is 0.213 e. The molecule has 4 heteroatoms. The minimum atomic E-state index is 0.613. The van der Waals surface area contributed by atoms with Gasteiger partial charge in [-0.05, 0) is 31.4 Å². The molecule has 17 heavy (non-hydrogen) atoms. The third kappa shape index (κ3) is 3.98. The van der Waals surface area contributed by atoms with E-state index in [0.29, 0.717) is 5.92 Å². The predicted molar refractivity (Wildman–Crippen MR) is 66.0 cm³/mol. The molecule has 4 nitrogen and oxygen atoms in total. The Labute approximate surface area is 102 Å². The van der Waals surface area contributed by atoms with Crippen molar-refractivity contribution in [3.8, 4) is 5.88 Å². The average molecular weight is 236 g/mol. The number of aromatic nitrogens is 1. The van der Waals surface area contributed by atoms with Crippen LogP contribution in [0.1, 0.15) is 18.4 Å². The molecule has 0 radical (unpaired) electrons. The average Bonchev–Trinajstić information content (AvgIpc) is 2.40. The zero-order valence-electron chi connectivity index (χ0n) is 10.3. The van der Waals surface area contributed by atoms with Crippen LogP contribution >= 0.6 is 0 Å². The summed E-state index contributed by atoms with van der Waals surface area (Å²) in [4.78, 5) is 4.29. The van der Waals surface area contributed by atoms with Crippen LogP contribution in [0.5, 0.6) is 5.88 Å². The second-order valence-corrected chi connectivity index (χ2v) is 4.40. The van der Waals surface area contributed by atoms with Crippen LogP contribution in [-0.4, -0.2) is 31.9 Å². The van der Waals surface area contributed by atoms with E-state index in [1.54, 1.807) is 0 Å². The minimum Gasteiger partial charge on any atom is -0.477 e. The van der Waals surface area contributed by atoms with Crippen LogP contribution in [0.15, 0.2) is 18.3 Å². The number of ether oxygens (including phenoxy) is 2. The lowest BCUT2D eigenvalue weighted by atomic mass is 10.0. The monoisotopic (exact) mass is 236 g/mol.